The number of rotatable bonds is 6. The summed E-state index contributed by atoms with van der Waals surface area (Å²) in [4.78, 5) is 6.98. The number of likely N-dealkylation sites (tertiary alicyclic amines) is 1. The molecule has 2 bridgehead atoms. The average Bonchev–Trinajstić information content (AvgIpc) is 3.40. The third-order valence-electron chi connectivity index (χ3n) is 6.07. The van der Waals surface area contributed by atoms with E-state index in [2.05, 4.69) is 41.1 Å². The van der Waals surface area contributed by atoms with Crippen LogP contribution < -0.4 is 4.74 Å². The Labute approximate surface area is 181 Å². The predicted molar refractivity (Wildman–Crippen MR) is 120 cm³/mol. The molecule has 3 aromatic rings. The van der Waals surface area contributed by atoms with Crippen molar-refractivity contribution in [3.63, 3.8) is 0 Å². The van der Waals surface area contributed by atoms with Crippen molar-refractivity contribution < 1.29 is 13.2 Å². The molecule has 2 fully saturated rings. The van der Waals surface area contributed by atoms with Crippen LogP contribution >= 0.6 is 11.3 Å². The van der Waals surface area contributed by atoms with Gasteiger partial charge in [-0.15, -0.1) is 0 Å². The maximum absolute atomic E-state index is 11.8. The Kier molecular flexibility index (Phi) is 5.05. The van der Waals surface area contributed by atoms with Gasteiger partial charge in [0.15, 0.2) is 0 Å². The van der Waals surface area contributed by atoms with Gasteiger partial charge >= 0.3 is 0 Å². The minimum atomic E-state index is -3.08. The van der Waals surface area contributed by atoms with Crippen molar-refractivity contribution in [2.75, 3.05) is 25.9 Å². The number of nitrogens with zero attached hydrogens (tertiary/aromatic N) is 3. The summed E-state index contributed by atoms with van der Waals surface area (Å²) in [6.07, 6.45) is 3.22. The van der Waals surface area contributed by atoms with Crippen LogP contribution in [0.1, 0.15) is 17.5 Å². The molecule has 0 saturated carbocycles. The maximum atomic E-state index is 11.8. The highest BCUT2D eigenvalue weighted by atomic mass is 32.2. The second kappa shape index (κ2) is 7.60. The molecule has 3 heterocycles. The van der Waals surface area contributed by atoms with Crippen LogP contribution in [0.5, 0.6) is 10.9 Å². The van der Waals surface area contributed by atoms with E-state index in [0.29, 0.717) is 17.8 Å². The molecular formula is C22H25N3O3S2. The molecule has 2 saturated heterocycles. The van der Waals surface area contributed by atoms with Crippen molar-refractivity contribution in [3.05, 3.63) is 53.6 Å². The van der Waals surface area contributed by atoms with Gasteiger partial charge in [0.05, 0.1) is 16.5 Å². The van der Waals surface area contributed by atoms with Crippen molar-refractivity contribution in [3.8, 4) is 10.9 Å². The first kappa shape index (κ1) is 19.9. The summed E-state index contributed by atoms with van der Waals surface area (Å²) < 4.78 is 32.4. The topological polar surface area (TPSA) is 62.7 Å². The second-order valence-corrected chi connectivity index (χ2v) is 11.2. The Balaban J connectivity index is 1.17. The van der Waals surface area contributed by atoms with Gasteiger partial charge in [-0.3, -0.25) is 4.90 Å². The molecule has 0 aliphatic carbocycles. The average molecular weight is 444 g/mol. The van der Waals surface area contributed by atoms with E-state index in [-0.39, 0.29) is 6.04 Å². The van der Waals surface area contributed by atoms with E-state index in [9.17, 15) is 8.42 Å². The molecule has 2 aliphatic heterocycles. The molecule has 0 radical (unpaired) electrons. The number of hydrogen-bond acceptors (Lipinski definition) is 6. The van der Waals surface area contributed by atoms with Crippen LogP contribution in [0.25, 0.3) is 10.2 Å². The Morgan fingerprint density at radius 1 is 1.13 bits per heavy atom. The number of fused-ring (bicyclic) bond motifs is 3. The van der Waals surface area contributed by atoms with Crippen LogP contribution in [0.3, 0.4) is 0 Å². The number of hydrogen-bond donors (Lipinski definition) is 0. The smallest absolute Gasteiger partial charge is 0.279 e. The fourth-order valence-electron chi connectivity index (χ4n) is 4.54. The van der Waals surface area contributed by atoms with E-state index >= 15 is 0 Å². The van der Waals surface area contributed by atoms with Crippen LogP contribution in [0.4, 0.5) is 0 Å². The number of aromatic nitrogens is 1. The Morgan fingerprint density at radius 3 is 2.63 bits per heavy atom. The monoisotopic (exact) mass is 443 g/mol. The fraction of sp³-hybridized carbons (Fsp3) is 0.409. The van der Waals surface area contributed by atoms with Crippen LogP contribution in [0, 0.1) is 6.92 Å². The lowest BCUT2D eigenvalue weighted by Gasteiger charge is -2.32. The molecule has 1 aromatic heterocycles. The number of aryl methyl sites for hydroxylation is 1. The lowest BCUT2D eigenvalue weighted by atomic mass is 10.1. The number of thiazole rings is 1. The molecule has 0 N–H and O–H groups in total. The molecule has 0 unspecified atom stereocenters. The highest BCUT2D eigenvalue weighted by Crippen LogP contribution is 2.33. The molecule has 8 heteroatoms. The van der Waals surface area contributed by atoms with Gasteiger partial charge in [-0.2, -0.15) is 4.31 Å². The lowest BCUT2D eigenvalue weighted by Crippen LogP contribution is -2.48. The third kappa shape index (κ3) is 3.97. The third-order valence-corrected chi connectivity index (χ3v) is 8.27. The number of ether oxygens (including phenoxy) is 1. The maximum Gasteiger partial charge on any atom is 0.279 e. The minimum absolute atomic E-state index is 0.151. The Morgan fingerprint density at radius 2 is 1.93 bits per heavy atom. The standard InChI is InChI=1S/C22H25N3O3S2/c1-15-3-8-20-21(11-15)29-22(23-20)28-19-6-4-16(5-7-19)9-10-24-13-18-12-17(24)14-25(18)30(2,26)27/h3-8,11,17-18H,9-10,12-14H2,1-2H3/t17-,18-/m1/s1. The molecule has 2 aliphatic rings. The molecule has 2 atom stereocenters. The van der Waals surface area contributed by atoms with Crippen LogP contribution in [0.15, 0.2) is 42.5 Å². The molecule has 6 nitrogen and oxygen atoms in total. The first-order chi connectivity index (χ1) is 14.3. The van der Waals surface area contributed by atoms with E-state index in [0.717, 1.165) is 41.9 Å². The second-order valence-electron chi connectivity index (χ2n) is 8.32. The zero-order valence-corrected chi connectivity index (χ0v) is 18.7. The van der Waals surface area contributed by atoms with E-state index in [1.165, 1.54) is 17.4 Å². The number of benzene rings is 2. The van der Waals surface area contributed by atoms with Crippen molar-refractivity contribution in [1.29, 1.82) is 0 Å². The van der Waals surface area contributed by atoms with E-state index in [4.69, 9.17) is 4.74 Å². The molecular weight excluding hydrogens is 418 g/mol. The first-order valence-corrected chi connectivity index (χ1v) is 12.9. The molecule has 2 aromatic carbocycles. The van der Waals surface area contributed by atoms with Crippen LogP contribution in [0.2, 0.25) is 0 Å². The predicted octanol–water partition coefficient (Wildman–Crippen LogP) is 3.66. The summed E-state index contributed by atoms with van der Waals surface area (Å²) in [7, 11) is -3.08. The van der Waals surface area contributed by atoms with Crippen molar-refractivity contribution in [2.45, 2.75) is 31.8 Å². The summed E-state index contributed by atoms with van der Waals surface area (Å²) in [6.45, 7) is 4.51. The van der Waals surface area contributed by atoms with Gasteiger partial charge in [0.2, 0.25) is 10.0 Å². The lowest BCUT2D eigenvalue weighted by molar-refractivity contribution is 0.184. The normalized spacial score (nSPS) is 22.2. The quantitative estimate of drug-likeness (QED) is 0.582. The highest BCUT2D eigenvalue weighted by Gasteiger charge is 2.46. The van der Waals surface area contributed by atoms with Crippen LogP contribution in [-0.2, 0) is 16.4 Å². The molecule has 158 valence electrons. The molecule has 5 rings (SSSR count). The van der Waals surface area contributed by atoms with Gasteiger partial charge in [-0.1, -0.05) is 29.5 Å². The van der Waals surface area contributed by atoms with E-state index in [1.807, 2.05) is 18.2 Å². The number of piperazine rings is 1. The zero-order valence-electron chi connectivity index (χ0n) is 17.1. The Bertz CT molecular complexity index is 1170. The summed E-state index contributed by atoms with van der Waals surface area (Å²) in [6, 6.07) is 14.9. The van der Waals surface area contributed by atoms with Crippen molar-refractivity contribution in [2.24, 2.45) is 0 Å². The van der Waals surface area contributed by atoms with Gasteiger partial charge in [-0.25, -0.2) is 13.4 Å². The van der Waals surface area contributed by atoms with Gasteiger partial charge < -0.3 is 4.74 Å². The van der Waals surface area contributed by atoms with Gasteiger partial charge in [-0.05, 0) is 55.2 Å². The van der Waals surface area contributed by atoms with Crippen molar-refractivity contribution in [1.82, 2.24) is 14.2 Å². The summed E-state index contributed by atoms with van der Waals surface area (Å²) in [5.74, 6) is 0.790. The fourth-order valence-corrected chi connectivity index (χ4v) is 6.62. The summed E-state index contributed by atoms with van der Waals surface area (Å²) in [5.41, 5.74) is 3.44. The summed E-state index contributed by atoms with van der Waals surface area (Å²) in [5, 5.41) is 0.659. The molecule has 0 amide bonds. The molecule has 0 spiro atoms. The van der Waals surface area contributed by atoms with Gasteiger partial charge in [0.25, 0.3) is 5.19 Å². The van der Waals surface area contributed by atoms with Gasteiger partial charge in [0, 0.05) is 31.7 Å². The number of sulfonamides is 1. The van der Waals surface area contributed by atoms with E-state index < -0.39 is 10.0 Å². The minimum Gasteiger partial charge on any atom is -0.431 e. The molecule has 30 heavy (non-hydrogen) atoms. The Hall–Kier alpha value is -2.00. The zero-order chi connectivity index (χ0) is 20.9. The van der Waals surface area contributed by atoms with Gasteiger partial charge in [0.1, 0.15) is 5.75 Å². The SMILES string of the molecule is Cc1ccc2nc(Oc3ccc(CCN4C[C@H]5C[C@@H]4CN5S(C)(=O)=O)cc3)sc2c1. The van der Waals surface area contributed by atoms with Crippen molar-refractivity contribution >= 4 is 31.6 Å². The highest BCUT2D eigenvalue weighted by molar-refractivity contribution is 7.88. The van der Waals surface area contributed by atoms with Crippen LogP contribution in [-0.4, -0.2) is 60.6 Å². The van der Waals surface area contributed by atoms with E-state index in [1.54, 1.807) is 15.6 Å². The summed E-state index contributed by atoms with van der Waals surface area (Å²) >= 11 is 1.56. The largest absolute Gasteiger partial charge is 0.431 e. The first-order valence-electron chi connectivity index (χ1n) is 10.2.